The van der Waals surface area contributed by atoms with Gasteiger partial charge in [0.2, 0.25) is 0 Å². The molecular weight excluding hydrogens is 433 g/mol. The summed E-state index contributed by atoms with van der Waals surface area (Å²) in [4.78, 5) is 0. The second-order valence-electron chi connectivity index (χ2n) is 7.64. The van der Waals surface area contributed by atoms with Crippen molar-refractivity contribution in [3.05, 3.63) is 35.9 Å². The standard InChI is InChI=1S/C19H30INO2S/c1-14(18-12-11-17(20)15(2)23-18)21(24(22)19(3,4)5)13-16-9-7-6-8-10-16/h6-10,14-15,17-18H,11-13H2,1-5H3/t14-,15?,17?,18-,24?/m0/s1. The highest BCUT2D eigenvalue weighted by Crippen LogP contribution is 2.32. The molecule has 0 N–H and O–H groups in total. The third-order valence-corrected chi connectivity index (χ3v) is 8.11. The highest BCUT2D eigenvalue weighted by Gasteiger charge is 2.41. The Morgan fingerprint density at radius 2 is 1.92 bits per heavy atom. The Morgan fingerprint density at radius 1 is 1.29 bits per heavy atom. The molecule has 5 heteroatoms. The van der Waals surface area contributed by atoms with Crippen LogP contribution in [0.25, 0.3) is 0 Å². The van der Waals surface area contributed by atoms with E-state index in [1.165, 1.54) is 5.56 Å². The monoisotopic (exact) mass is 463 g/mol. The zero-order valence-corrected chi connectivity index (χ0v) is 18.3. The van der Waals surface area contributed by atoms with Gasteiger partial charge in [0.05, 0.1) is 24.8 Å². The van der Waals surface area contributed by atoms with Gasteiger partial charge in [-0.15, -0.1) is 4.31 Å². The lowest BCUT2D eigenvalue weighted by molar-refractivity contribution is -0.0611. The summed E-state index contributed by atoms with van der Waals surface area (Å²) in [7, 11) is 0. The lowest BCUT2D eigenvalue weighted by Gasteiger charge is -2.42. The van der Waals surface area contributed by atoms with Crippen LogP contribution in [0.3, 0.4) is 0 Å². The van der Waals surface area contributed by atoms with Gasteiger partial charge < -0.3 is 9.29 Å². The van der Waals surface area contributed by atoms with Crippen molar-refractivity contribution in [2.24, 2.45) is 0 Å². The molecule has 3 nitrogen and oxygen atoms in total. The van der Waals surface area contributed by atoms with E-state index < -0.39 is 11.4 Å². The van der Waals surface area contributed by atoms with Crippen LogP contribution in [0.15, 0.2) is 30.3 Å². The first-order valence-corrected chi connectivity index (χ1v) is 11.1. The summed E-state index contributed by atoms with van der Waals surface area (Å²) in [5.41, 5.74) is 1.19. The quantitative estimate of drug-likeness (QED) is 0.361. The van der Waals surface area contributed by atoms with Crippen molar-refractivity contribution < 1.29 is 9.29 Å². The fourth-order valence-corrected chi connectivity index (χ4v) is 4.93. The molecule has 0 saturated carbocycles. The summed E-state index contributed by atoms with van der Waals surface area (Å²) >= 11 is 1.40. The number of benzene rings is 1. The molecule has 0 aliphatic carbocycles. The minimum atomic E-state index is -1.08. The molecule has 1 fully saturated rings. The summed E-state index contributed by atoms with van der Waals surface area (Å²) in [5.74, 6) is 0. The molecule has 0 bridgehead atoms. The van der Waals surface area contributed by atoms with Gasteiger partial charge in [-0.05, 0) is 53.0 Å². The number of halogens is 1. The lowest BCUT2D eigenvalue weighted by Crippen LogP contribution is -2.53. The number of nitrogens with zero attached hydrogens (tertiary/aromatic N) is 1. The Hall–Kier alpha value is 0.180. The molecule has 1 aliphatic heterocycles. The van der Waals surface area contributed by atoms with Crippen LogP contribution in [-0.4, -0.2) is 35.8 Å². The molecule has 0 radical (unpaired) electrons. The Morgan fingerprint density at radius 3 is 2.46 bits per heavy atom. The molecule has 3 unspecified atom stereocenters. The molecule has 0 amide bonds. The molecule has 5 atom stereocenters. The van der Waals surface area contributed by atoms with Gasteiger partial charge in [0, 0.05) is 15.3 Å². The van der Waals surface area contributed by atoms with Crippen LogP contribution in [0.2, 0.25) is 0 Å². The molecule has 136 valence electrons. The van der Waals surface area contributed by atoms with Crippen LogP contribution in [0.4, 0.5) is 0 Å². The largest absolute Gasteiger partial charge is 0.597 e. The van der Waals surface area contributed by atoms with Gasteiger partial charge in [-0.3, -0.25) is 0 Å². The fourth-order valence-electron chi connectivity index (χ4n) is 3.00. The summed E-state index contributed by atoms with van der Waals surface area (Å²) in [5, 5.41) is 0. The van der Waals surface area contributed by atoms with Crippen LogP contribution in [0.5, 0.6) is 0 Å². The smallest absolute Gasteiger partial charge is 0.137 e. The summed E-state index contributed by atoms with van der Waals surface area (Å²) < 4.78 is 21.9. The van der Waals surface area contributed by atoms with Crippen molar-refractivity contribution in [3.63, 3.8) is 0 Å². The van der Waals surface area contributed by atoms with Gasteiger partial charge in [-0.1, -0.05) is 52.9 Å². The van der Waals surface area contributed by atoms with Crippen LogP contribution in [-0.2, 0) is 22.6 Å². The molecule has 24 heavy (non-hydrogen) atoms. The van der Waals surface area contributed by atoms with E-state index in [-0.39, 0.29) is 23.0 Å². The predicted octanol–water partition coefficient (Wildman–Crippen LogP) is 4.71. The molecule has 1 aromatic rings. The molecule has 0 aromatic heterocycles. The zero-order valence-electron chi connectivity index (χ0n) is 15.4. The van der Waals surface area contributed by atoms with Crippen LogP contribution < -0.4 is 0 Å². The minimum absolute atomic E-state index is 0.122. The van der Waals surface area contributed by atoms with E-state index >= 15 is 0 Å². The zero-order chi connectivity index (χ0) is 17.9. The molecule has 1 saturated heterocycles. The number of hydrogen-bond donors (Lipinski definition) is 0. The average Bonchev–Trinajstić information content (AvgIpc) is 2.54. The van der Waals surface area contributed by atoms with Crippen molar-refractivity contribution in [1.29, 1.82) is 0 Å². The summed E-state index contributed by atoms with van der Waals surface area (Å²) in [6.07, 6.45) is 2.60. The van der Waals surface area contributed by atoms with Crippen LogP contribution >= 0.6 is 22.6 Å². The Balaban J connectivity index is 2.18. The Kier molecular flexibility index (Phi) is 7.44. The van der Waals surface area contributed by atoms with Gasteiger partial charge >= 0.3 is 0 Å². The van der Waals surface area contributed by atoms with Crippen molar-refractivity contribution >= 4 is 34.0 Å². The van der Waals surface area contributed by atoms with E-state index in [9.17, 15) is 4.55 Å². The van der Waals surface area contributed by atoms with Crippen LogP contribution in [0, 0.1) is 0 Å². The fraction of sp³-hybridized carbons (Fsp3) is 0.684. The maximum absolute atomic E-state index is 13.2. The molecule has 1 aromatic carbocycles. The van der Waals surface area contributed by atoms with E-state index in [2.05, 4.69) is 52.9 Å². The number of hydrogen-bond acceptors (Lipinski definition) is 3. The molecule has 0 spiro atoms. The van der Waals surface area contributed by atoms with Crippen molar-refractivity contribution in [1.82, 2.24) is 4.31 Å². The maximum atomic E-state index is 13.2. The van der Waals surface area contributed by atoms with Gasteiger partial charge in [0.15, 0.2) is 0 Å². The normalized spacial score (nSPS) is 27.9. The third-order valence-electron chi connectivity index (χ3n) is 4.54. The third kappa shape index (κ3) is 5.34. The summed E-state index contributed by atoms with van der Waals surface area (Å²) in [6, 6.07) is 10.4. The van der Waals surface area contributed by atoms with Crippen molar-refractivity contribution in [3.8, 4) is 0 Å². The number of rotatable bonds is 5. The van der Waals surface area contributed by atoms with E-state index in [1.54, 1.807) is 0 Å². The Labute approximate surface area is 164 Å². The maximum Gasteiger partial charge on any atom is 0.137 e. The van der Waals surface area contributed by atoms with Crippen molar-refractivity contribution in [2.75, 3.05) is 0 Å². The lowest BCUT2D eigenvalue weighted by atomic mass is 10.00. The van der Waals surface area contributed by atoms with E-state index in [4.69, 9.17) is 4.74 Å². The van der Waals surface area contributed by atoms with Gasteiger partial charge in [-0.25, -0.2) is 0 Å². The SMILES string of the molecule is CC1O[C@H]([C@H](C)N(Cc2ccccc2)[S+]([O-])C(C)(C)C)CCC1I. The molecule has 2 rings (SSSR count). The van der Waals surface area contributed by atoms with Gasteiger partial charge in [0.1, 0.15) is 4.75 Å². The number of alkyl halides is 1. The highest BCUT2D eigenvalue weighted by atomic mass is 127. The van der Waals surface area contributed by atoms with Gasteiger partial charge in [0.25, 0.3) is 0 Å². The van der Waals surface area contributed by atoms with Crippen molar-refractivity contribution in [2.45, 2.75) is 80.9 Å². The molecule has 1 aliphatic rings. The first kappa shape index (κ1) is 20.5. The van der Waals surface area contributed by atoms with Crippen LogP contribution in [0.1, 0.15) is 53.0 Å². The number of ether oxygens (including phenoxy) is 1. The van der Waals surface area contributed by atoms with E-state index in [0.717, 1.165) is 12.8 Å². The van der Waals surface area contributed by atoms with E-state index in [0.29, 0.717) is 10.5 Å². The second kappa shape index (κ2) is 8.71. The summed E-state index contributed by atoms with van der Waals surface area (Å²) in [6.45, 7) is 11.1. The van der Waals surface area contributed by atoms with Gasteiger partial charge in [-0.2, -0.15) is 0 Å². The van der Waals surface area contributed by atoms with E-state index in [1.807, 2.05) is 39.0 Å². The molecular formula is C19H30INO2S. The second-order valence-corrected chi connectivity index (χ2v) is 11.4. The first-order valence-electron chi connectivity index (χ1n) is 8.72. The molecule has 1 heterocycles. The highest BCUT2D eigenvalue weighted by molar-refractivity contribution is 14.1. The topological polar surface area (TPSA) is 35.5 Å². The minimum Gasteiger partial charge on any atom is -0.597 e. The average molecular weight is 463 g/mol. The Bertz CT molecular complexity index is 508. The first-order chi connectivity index (χ1) is 11.2. The predicted molar refractivity (Wildman–Crippen MR) is 111 cm³/mol.